The third kappa shape index (κ3) is 5.83. The highest BCUT2D eigenvalue weighted by Gasteiger charge is 2.12. The molecular formula is C19H20IN3OS. The van der Waals surface area contributed by atoms with Gasteiger partial charge in [0.2, 0.25) is 0 Å². The molecule has 0 radical (unpaired) electrons. The highest BCUT2D eigenvalue weighted by molar-refractivity contribution is 14.1. The van der Waals surface area contributed by atoms with E-state index in [2.05, 4.69) is 76.1 Å². The molecule has 1 atom stereocenters. The monoisotopic (exact) mass is 465 g/mol. The van der Waals surface area contributed by atoms with Crippen molar-refractivity contribution in [3.8, 4) is 0 Å². The lowest BCUT2D eigenvalue weighted by molar-refractivity contribution is 0.0366. The minimum absolute atomic E-state index is 0.0513. The number of nitrogens with zero attached hydrogens (tertiary/aromatic N) is 3. The maximum absolute atomic E-state index is 5.90. The van der Waals surface area contributed by atoms with E-state index in [1.165, 1.54) is 11.1 Å². The molecule has 0 saturated heterocycles. The molecule has 0 spiro atoms. The van der Waals surface area contributed by atoms with Crippen LogP contribution in [0.15, 0.2) is 65.7 Å². The fourth-order valence-corrected chi connectivity index (χ4v) is 3.94. The fraction of sp³-hybridized carbons (Fsp3) is 0.263. The van der Waals surface area contributed by atoms with E-state index in [9.17, 15) is 0 Å². The lowest BCUT2D eigenvalue weighted by Gasteiger charge is -2.12. The number of hydrogen-bond acceptors (Lipinski definition) is 4. The van der Waals surface area contributed by atoms with Crippen LogP contribution in [0.25, 0.3) is 0 Å². The van der Waals surface area contributed by atoms with E-state index in [1.807, 2.05) is 24.3 Å². The zero-order valence-electron chi connectivity index (χ0n) is 14.0. The first-order chi connectivity index (χ1) is 12.2. The molecule has 1 unspecified atom stereocenters. The highest BCUT2D eigenvalue weighted by atomic mass is 127. The van der Waals surface area contributed by atoms with Crippen molar-refractivity contribution in [2.24, 2.45) is 0 Å². The van der Waals surface area contributed by atoms with Gasteiger partial charge in [-0.1, -0.05) is 72.4 Å². The van der Waals surface area contributed by atoms with Gasteiger partial charge in [-0.3, -0.25) is 0 Å². The lowest BCUT2D eigenvalue weighted by Crippen LogP contribution is -2.18. The van der Waals surface area contributed by atoms with Crippen LogP contribution in [0.3, 0.4) is 0 Å². The van der Waals surface area contributed by atoms with Crippen molar-refractivity contribution in [2.45, 2.75) is 37.0 Å². The van der Waals surface area contributed by atoms with Crippen LogP contribution in [-0.2, 0) is 23.6 Å². The van der Waals surface area contributed by atoms with Crippen molar-refractivity contribution >= 4 is 34.4 Å². The third-order valence-corrected chi connectivity index (χ3v) is 5.72. The number of halogens is 1. The van der Waals surface area contributed by atoms with Gasteiger partial charge in [-0.2, -0.15) is 4.80 Å². The average Bonchev–Trinajstić information content (AvgIpc) is 2.99. The van der Waals surface area contributed by atoms with Gasteiger partial charge in [0.05, 0.1) is 19.3 Å². The molecule has 1 heterocycles. The molecule has 0 aliphatic heterocycles. The van der Waals surface area contributed by atoms with Gasteiger partial charge in [0.1, 0.15) is 0 Å². The van der Waals surface area contributed by atoms with E-state index in [4.69, 9.17) is 4.74 Å². The molecule has 0 amide bonds. The number of hydrogen-bond donors (Lipinski definition) is 0. The van der Waals surface area contributed by atoms with Crippen molar-refractivity contribution in [1.29, 1.82) is 0 Å². The standard InChI is InChI=1S/C19H20IN3OS/c1-15(24-13-16-8-4-2-5-9-16)12-23-21-18(20)19(22-23)25-14-17-10-6-3-7-11-17/h2-11,15H,12-14H2,1H3. The smallest absolute Gasteiger partial charge is 0.157 e. The summed E-state index contributed by atoms with van der Waals surface area (Å²) in [7, 11) is 0. The van der Waals surface area contributed by atoms with E-state index < -0.39 is 0 Å². The Morgan fingerprint density at radius 1 is 1.00 bits per heavy atom. The topological polar surface area (TPSA) is 39.9 Å². The molecule has 2 aromatic carbocycles. The van der Waals surface area contributed by atoms with Gasteiger partial charge in [-0.15, -0.1) is 10.2 Å². The van der Waals surface area contributed by atoms with Gasteiger partial charge in [0, 0.05) is 5.75 Å². The summed E-state index contributed by atoms with van der Waals surface area (Å²) in [6.07, 6.45) is 0.0513. The zero-order valence-corrected chi connectivity index (χ0v) is 17.0. The first kappa shape index (κ1) is 18.4. The minimum Gasteiger partial charge on any atom is -0.372 e. The fourth-order valence-electron chi connectivity index (χ4n) is 2.30. The van der Waals surface area contributed by atoms with E-state index in [0.29, 0.717) is 13.2 Å². The van der Waals surface area contributed by atoms with Gasteiger partial charge in [0.25, 0.3) is 0 Å². The van der Waals surface area contributed by atoms with Crippen molar-refractivity contribution in [3.63, 3.8) is 0 Å². The molecule has 4 nitrogen and oxygen atoms in total. The maximum atomic E-state index is 5.90. The van der Waals surface area contributed by atoms with E-state index >= 15 is 0 Å². The number of aromatic nitrogens is 3. The molecule has 25 heavy (non-hydrogen) atoms. The Morgan fingerprint density at radius 2 is 1.64 bits per heavy atom. The van der Waals surface area contributed by atoms with Crippen molar-refractivity contribution in [3.05, 3.63) is 75.5 Å². The molecule has 3 rings (SSSR count). The molecule has 0 saturated carbocycles. The van der Waals surface area contributed by atoms with Gasteiger partial charge >= 0.3 is 0 Å². The molecule has 130 valence electrons. The molecule has 0 aliphatic rings. The van der Waals surface area contributed by atoms with Crippen molar-refractivity contribution in [2.75, 3.05) is 0 Å². The summed E-state index contributed by atoms with van der Waals surface area (Å²) in [6.45, 7) is 3.31. The summed E-state index contributed by atoms with van der Waals surface area (Å²) in [5.74, 6) is 0.898. The van der Waals surface area contributed by atoms with Gasteiger partial charge in [-0.25, -0.2) is 0 Å². The molecule has 0 bridgehead atoms. The second-order valence-electron chi connectivity index (χ2n) is 5.73. The predicted octanol–water partition coefficient (Wildman–Crippen LogP) is 4.78. The minimum atomic E-state index is 0.0513. The van der Waals surface area contributed by atoms with Crippen LogP contribution in [0, 0.1) is 3.70 Å². The van der Waals surface area contributed by atoms with Crippen molar-refractivity contribution in [1.82, 2.24) is 15.0 Å². The van der Waals surface area contributed by atoms with Gasteiger partial charge < -0.3 is 4.74 Å². The normalized spacial score (nSPS) is 12.2. The Hall–Kier alpha value is -1.38. The van der Waals surface area contributed by atoms with E-state index in [0.717, 1.165) is 14.5 Å². The van der Waals surface area contributed by atoms with E-state index in [1.54, 1.807) is 16.6 Å². The molecule has 1 aromatic heterocycles. The molecule has 0 aliphatic carbocycles. The zero-order chi connectivity index (χ0) is 17.5. The molecular weight excluding hydrogens is 445 g/mol. The quantitative estimate of drug-likeness (QED) is 0.355. The molecule has 0 fully saturated rings. The van der Waals surface area contributed by atoms with Crippen molar-refractivity contribution < 1.29 is 4.74 Å². The average molecular weight is 465 g/mol. The van der Waals surface area contributed by atoms with Crippen LogP contribution < -0.4 is 0 Å². The summed E-state index contributed by atoms with van der Waals surface area (Å²) in [6, 6.07) is 20.6. The predicted molar refractivity (Wildman–Crippen MR) is 109 cm³/mol. The lowest BCUT2D eigenvalue weighted by atomic mass is 10.2. The number of benzene rings is 2. The van der Waals surface area contributed by atoms with Crippen LogP contribution >= 0.6 is 34.4 Å². The molecule has 6 heteroatoms. The largest absolute Gasteiger partial charge is 0.372 e. The number of thioether (sulfide) groups is 1. The summed E-state index contributed by atoms with van der Waals surface area (Å²) in [5, 5.41) is 10.1. The SMILES string of the molecule is CC(Cn1nc(I)c(SCc2ccccc2)n1)OCc1ccccc1. The number of ether oxygens (including phenoxy) is 1. The first-order valence-corrected chi connectivity index (χ1v) is 10.2. The number of rotatable bonds is 8. The van der Waals surface area contributed by atoms with Crippen LogP contribution in [-0.4, -0.2) is 21.1 Å². The maximum Gasteiger partial charge on any atom is 0.157 e. The Labute approximate surface area is 166 Å². The third-order valence-electron chi connectivity index (χ3n) is 3.60. The molecule has 3 aromatic rings. The van der Waals surface area contributed by atoms with E-state index in [-0.39, 0.29) is 6.10 Å². The summed E-state index contributed by atoms with van der Waals surface area (Å²) in [5.41, 5.74) is 2.47. The second-order valence-corrected chi connectivity index (χ2v) is 7.72. The molecule has 0 N–H and O–H groups in total. The van der Waals surface area contributed by atoms with Crippen LogP contribution in [0.4, 0.5) is 0 Å². The van der Waals surface area contributed by atoms with Crippen LogP contribution in [0.5, 0.6) is 0 Å². The summed E-state index contributed by atoms with van der Waals surface area (Å²) >= 11 is 3.96. The second kappa shape index (κ2) is 9.35. The first-order valence-electron chi connectivity index (χ1n) is 8.13. The Kier molecular flexibility index (Phi) is 6.89. The summed E-state index contributed by atoms with van der Waals surface area (Å²) < 4.78 is 6.84. The highest BCUT2D eigenvalue weighted by Crippen LogP contribution is 2.24. The Balaban J connectivity index is 1.51. The Bertz CT molecular complexity index is 780. The Morgan fingerprint density at radius 3 is 2.32 bits per heavy atom. The van der Waals surface area contributed by atoms with Crippen LogP contribution in [0.2, 0.25) is 0 Å². The van der Waals surface area contributed by atoms with Gasteiger partial charge in [0.15, 0.2) is 8.73 Å². The summed E-state index contributed by atoms with van der Waals surface area (Å²) in [4.78, 5) is 1.74. The van der Waals surface area contributed by atoms with Crippen LogP contribution in [0.1, 0.15) is 18.1 Å². The van der Waals surface area contributed by atoms with Gasteiger partial charge in [-0.05, 0) is 40.6 Å².